The van der Waals surface area contributed by atoms with Crippen LogP contribution in [0.1, 0.15) is 18.4 Å². The number of ether oxygens (including phenoxy) is 1. The van der Waals surface area contributed by atoms with Crippen LogP contribution in [0.15, 0.2) is 12.1 Å². The summed E-state index contributed by atoms with van der Waals surface area (Å²) in [7, 11) is 0. The van der Waals surface area contributed by atoms with Gasteiger partial charge in [0.1, 0.15) is 5.75 Å². The summed E-state index contributed by atoms with van der Waals surface area (Å²) in [5.41, 5.74) is 5.14. The summed E-state index contributed by atoms with van der Waals surface area (Å²) >= 11 is 11.6. The van der Waals surface area contributed by atoms with Gasteiger partial charge in [-0.25, -0.2) is 0 Å². The Labute approximate surface area is 136 Å². The molecule has 118 valence electrons. The third kappa shape index (κ3) is 4.57. The van der Waals surface area contributed by atoms with Crippen molar-refractivity contribution in [2.75, 3.05) is 0 Å². The van der Waals surface area contributed by atoms with Gasteiger partial charge in [-0.15, -0.1) is 12.4 Å². The van der Waals surface area contributed by atoms with Crippen molar-refractivity contribution in [2.24, 2.45) is 5.73 Å². The number of nitrogens with one attached hydrogen (secondary N) is 1. The standard InChI is InChI=1S/C12H12Cl2F2N2O2.ClH/c13-7-3-6(5-18-10(19)12(17)1-2-12)9(8(14)4-7)20-11(15)16;/h3-4,11H,1-2,5,17H2,(H,18,19);1H. The average Bonchev–Trinajstić information content (AvgIpc) is 3.09. The maximum absolute atomic E-state index is 12.4. The molecule has 0 aliphatic heterocycles. The molecule has 0 spiro atoms. The van der Waals surface area contributed by atoms with Crippen LogP contribution < -0.4 is 15.8 Å². The Kier molecular flexibility index (Phi) is 6.04. The van der Waals surface area contributed by atoms with Gasteiger partial charge in [-0.2, -0.15) is 8.78 Å². The third-order valence-corrected chi connectivity index (χ3v) is 3.47. The Morgan fingerprint density at radius 1 is 1.43 bits per heavy atom. The van der Waals surface area contributed by atoms with E-state index in [1.165, 1.54) is 12.1 Å². The van der Waals surface area contributed by atoms with E-state index in [0.29, 0.717) is 12.8 Å². The molecule has 0 saturated heterocycles. The lowest BCUT2D eigenvalue weighted by molar-refractivity contribution is -0.123. The normalized spacial score (nSPS) is 15.3. The lowest BCUT2D eigenvalue weighted by Crippen LogP contribution is -2.42. The van der Waals surface area contributed by atoms with Crippen LogP contribution in [0.3, 0.4) is 0 Å². The molecule has 0 heterocycles. The van der Waals surface area contributed by atoms with Gasteiger partial charge in [0.15, 0.2) is 0 Å². The fraction of sp³-hybridized carbons (Fsp3) is 0.417. The Bertz CT molecular complexity index is 539. The minimum Gasteiger partial charge on any atom is -0.433 e. The lowest BCUT2D eigenvalue weighted by Gasteiger charge is -2.15. The maximum atomic E-state index is 12.4. The Morgan fingerprint density at radius 2 is 2.05 bits per heavy atom. The molecule has 0 unspecified atom stereocenters. The summed E-state index contributed by atoms with van der Waals surface area (Å²) in [4.78, 5) is 11.7. The van der Waals surface area contributed by atoms with E-state index < -0.39 is 12.2 Å². The molecule has 1 aliphatic carbocycles. The van der Waals surface area contributed by atoms with Crippen LogP contribution in [0.4, 0.5) is 8.78 Å². The molecule has 1 fully saturated rings. The van der Waals surface area contributed by atoms with Crippen LogP contribution >= 0.6 is 35.6 Å². The Morgan fingerprint density at radius 3 is 2.57 bits per heavy atom. The molecular weight excluding hydrogens is 348 g/mol. The first-order chi connectivity index (χ1) is 9.32. The summed E-state index contributed by atoms with van der Waals surface area (Å²) in [5, 5.41) is 2.78. The maximum Gasteiger partial charge on any atom is 0.387 e. The van der Waals surface area contributed by atoms with E-state index in [2.05, 4.69) is 10.1 Å². The number of rotatable bonds is 5. The molecule has 2 rings (SSSR count). The van der Waals surface area contributed by atoms with Gasteiger partial charge in [-0.1, -0.05) is 23.2 Å². The van der Waals surface area contributed by atoms with Gasteiger partial charge in [0, 0.05) is 17.1 Å². The van der Waals surface area contributed by atoms with E-state index >= 15 is 0 Å². The van der Waals surface area contributed by atoms with Crippen LogP contribution in [0.25, 0.3) is 0 Å². The predicted molar refractivity (Wildman–Crippen MR) is 78.3 cm³/mol. The summed E-state index contributed by atoms with van der Waals surface area (Å²) in [6.45, 7) is -3.06. The third-order valence-electron chi connectivity index (χ3n) is 2.97. The van der Waals surface area contributed by atoms with E-state index in [-0.39, 0.29) is 46.2 Å². The first-order valence-electron chi connectivity index (χ1n) is 5.82. The topological polar surface area (TPSA) is 64.4 Å². The highest BCUT2D eigenvalue weighted by molar-refractivity contribution is 6.35. The molecule has 0 atom stereocenters. The van der Waals surface area contributed by atoms with Crippen molar-refractivity contribution < 1.29 is 18.3 Å². The molecule has 4 nitrogen and oxygen atoms in total. The zero-order chi connectivity index (χ0) is 14.9. The smallest absolute Gasteiger partial charge is 0.387 e. The molecule has 0 bridgehead atoms. The van der Waals surface area contributed by atoms with E-state index in [4.69, 9.17) is 28.9 Å². The van der Waals surface area contributed by atoms with Gasteiger partial charge < -0.3 is 15.8 Å². The van der Waals surface area contributed by atoms with Gasteiger partial charge >= 0.3 is 6.61 Å². The second-order valence-corrected chi connectivity index (χ2v) is 5.44. The van der Waals surface area contributed by atoms with E-state index in [1.54, 1.807) is 0 Å². The Balaban J connectivity index is 0.00000220. The number of hydrogen-bond donors (Lipinski definition) is 2. The van der Waals surface area contributed by atoms with Gasteiger partial charge in [-0.3, -0.25) is 4.79 Å². The molecule has 1 amide bonds. The van der Waals surface area contributed by atoms with Crippen molar-refractivity contribution in [3.05, 3.63) is 27.7 Å². The molecule has 3 N–H and O–H groups in total. The molecule has 1 aromatic rings. The Hall–Kier alpha value is -0.820. The van der Waals surface area contributed by atoms with Gasteiger partial charge in [0.25, 0.3) is 0 Å². The number of halogens is 5. The number of nitrogens with two attached hydrogens (primary N) is 1. The number of hydrogen-bond acceptors (Lipinski definition) is 3. The fourth-order valence-electron chi connectivity index (χ4n) is 1.68. The van der Waals surface area contributed by atoms with Crippen molar-refractivity contribution >= 4 is 41.5 Å². The first-order valence-corrected chi connectivity index (χ1v) is 6.57. The number of carbonyl (C=O) groups excluding carboxylic acids is 1. The van der Waals surface area contributed by atoms with Crippen LogP contribution in [-0.2, 0) is 11.3 Å². The monoisotopic (exact) mass is 360 g/mol. The zero-order valence-corrected chi connectivity index (χ0v) is 13.0. The average molecular weight is 362 g/mol. The summed E-state index contributed by atoms with van der Waals surface area (Å²) in [6, 6.07) is 2.69. The van der Waals surface area contributed by atoms with Crippen molar-refractivity contribution in [2.45, 2.75) is 31.5 Å². The molecule has 1 aliphatic rings. The molecule has 1 saturated carbocycles. The number of amides is 1. The van der Waals surface area contributed by atoms with Crippen LogP contribution in [0.5, 0.6) is 5.75 Å². The second kappa shape index (κ2) is 6.96. The van der Waals surface area contributed by atoms with E-state index in [0.717, 1.165) is 0 Å². The highest BCUT2D eigenvalue weighted by Gasteiger charge is 2.45. The molecule has 1 aromatic carbocycles. The molecule has 0 radical (unpaired) electrons. The number of benzene rings is 1. The van der Waals surface area contributed by atoms with Gasteiger partial charge in [-0.05, 0) is 25.0 Å². The number of alkyl halides is 2. The van der Waals surface area contributed by atoms with Crippen LogP contribution in [0.2, 0.25) is 10.0 Å². The molecule has 0 aromatic heterocycles. The summed E-state index contributed by atoms with van der Waals surface area (Å²) < 4.78 is 29.1. The molecule has 9 heteroatoms. The molecular formula is C12H13Cl3F2N2O2. The quantitative estimate of drug-likeness (QED) is 0.847. The lowest BCUT2D eigenvalue weighted by atomic mass is 10.2. The minimum atomic E-state index is -3.02. The largest absolute Gasteiger partial charge is 0.433 e. The van der Waals surface area contributed by atoms with Crippen LogP contribution in [0, 0.1) is 0 Å². The highest BCUT2D eigenvalue weighted by Crippen LogP contribution is 2.35. The van der Waals surface area contributed by atoms with E-state index in [9.17, 15) is 13.6 Å². The fourth-order valence-corrected chi connectivity index (χ4v) is 2.26. The van der Waals surface area contributed by atoms with E-state index in [1.807, 2.05) is 0 Å². The van der Waals surface area contributed by atoms with Gasteiger partial charge in [0.2, 0.25) is 5.91 Å². The van der Waals surface area contributed by atoms with Gasteiger partial charge in [0.05, 0.1) is 10.6 Å². The first kappa shape index (κ1) is 18.2. The zero-order valence-electron chi connectivity index (χ0n) is 10.7. The predicted octanol–water partition coefficient (Wildman–Crippen LogP) is 3.12. The molecule has 21 heavy (non-hydrogen) atoms. The second-order valence-electron chi connectivity index (χ2n) is 4.59. The van der Waals surface area contributed by atoms with Crippen LogP contribution in [-0.4, -0.2) is 18.1 Å². The van der Waals surface area contributed by atoms with Crippen molar-refractivity contribution in [3.63, 3.8) is 0 Å². The highest BCUT2D eigenvalue weighted by atomic mass is 35.5. The SMILES string of the molecule is Cl.NC1(C(=O)NCc2cc(Cl)cc(Cl)c2OC(F)F)CC1. The minimum absolute atomic E-state index is 0. The van der Waals surface area contributed by atoms with Crippen molar-refractivity contribution in [1.82, 2.24) is 5.32 Å². The number of carbonyl (C=O) groups is 1. The van der Waals surface area contributed by atoms with Crippen molar-refractivity contribution in [3.8, 4) is 5.75 Å². The summed E-state index contributed by atoms with van der Waals surface area (Å²) in [5.74, 6) is -0.537. The summed E-state index contributed by atoms with van der Waals surface area (Å²) in [6.07, 6.45) is 1.21. The van der Waals surface area contributed by atoms with Crippen molar-refractivity contribution in [1.29, 1.82) is 0 Å².